The van der Waals surface area contributed by atoms with Crippen molar-refractivity contribution in [3.63, 3.8) is 0 Å². The number of amides is 1. The van der Waals surface area contributed by atoms with Crippen LogP contribution in [0.3, 0.4) is 0 Å². The van der Waals surface area contributed by atoms with E-state index in [0.717, 1.165) is 19.6 Å². The van der Waals surface area contributed by atoms with E-state index in [0.29, 0.717) is 17.3 Å². The summed E-state index contributed by atoms with van der Waals surface area (Å²) in [6, 6.07) is 7.83. The van der Waals surface area contributed by atoms with Crippen LogP contribution in [-0.4, -0.2) is 34.1 Å². The molecule has 1 aliphatic rings. The van der Waals surface area contributed by atoms with Crippen LogP contribution in [0.4, 0.5) is 0 Å². The lowest BCUT2D eigenvalue weighted by atomic mass is 10.1. The maximum Gasteiger partial charge on any atom is 0.251 e. The Balaban J connectivity index is 1.58. The van der Waals surface area contributed by atoms with Crippen LogP contribution in [0.1, 0.15) is 53.4 Å². The first-order chi connectivity index (χ1) is 11.7. The van der Waals surface area contributed by atoms with E-state index in [4.69, 9.17) is 4.42 Å². The van der Waals surface area contributed by atoms with Crippen molar-refractivity contribution < 1.29 is 9.21 Å². The highest BCUT2D eigenvalue weighted by Gasteiger charge is 2.12. The number of rotatable bonds is 5. The molecule has 0 radical (unpaired) electrons. The smallest absolute Gasteiger partial charge is 0.251 e. The Hall–Kier alpha value is -2.21. The van der Waals surface area contributed by atoms with Gasteiger partial charge in [-0.2, -0.15) is 0 Å². The molecule has 0 bridgehead atoms. The van der Waals surface area contributed by atoms with E-state index < -0.39 is 0 Å². The van der Waals surface area contributed by atoms with Crippen molar-refractivity contribution in [3.05, 3.63) is 47.2 Å². The van der Waals surface area contributed by atoms with Gasteiger partial charge in [0.25, 0.3) is 5.91 Å². The highest BCUT2D eigenvalue weighted by Crippen LogP contribution is 2.14. The first-order valence-corrected chi connectivity index (χ1v) is 8.59. The fourth-order valence-corrected chi connectivity index (χ4v) is 3.03. The van der Waals surface area contributed by atoms with Gasteiger partial charge in [0.2, 0.25) is 11.8 Å². The molecule has 1 aliphatic heterocycles. The molecule has 128 valence electrons. The molecule has 2 aromatic rings. The molecule has 6 heteroatoms. The Kier molecular flexibility index (Phi) is 5.59. The molecule has 0 unspecified atom stereocenters. The molecular weight excluding hydrogens is 304 g/mol. The zero-order chi connectivity index (χ0) is 16.8. The minimum absolute atomic E-state index is 0.122. The van der Waals surface area contributed by atoms with E-state index in [1.165, 1.54) is 31.2 Å². The Morgan fingerprint density at radius 3 is 2.71 bits per heavy atom. The van der Waals surface area contributed by atoms with Crippen LogP contribution < -0.4 is 5.32 Å². The minimum atomic E-state index is -0.122. The Bertz CT molecular complexity index is 675. The molecule has 6 nitrogen and oxygen atoms in total. The predicted octanol–water partition coefficient (Wildman–Crippen LogP) is 2.68. The van der Waals surface area contributed by atoms with E-state index in [1.807, 2.05) is 18.2 Å². The zero-order valence-corrected chi connectivity index (χ0v) is 14.1. The van der Waals surface area contributed by atoms with Crippen molar-refractivity contribution in [2.24, 2.45) is 0 Å². The monoisotopic (exact) mass is 328 g/mol. The molecule has 0 aliphatic carbocycles. The SMILES string of the molecule is Cc1nnc(CNC(=O)c2cccc(CN3CCCCCC3)c2)o1. The third kappa shape index (κ3) is 4.64. The first kappa shape index (κ1) is 16.6. The highest BCUT2D eigenvalue weighted by molar-refractivity contribution is 5.94. The average molecular weight is 328 g/mol. The lowest BCUT2D eigenvalue weighted by molar-refractivity contribution is 0.0947. The van der Waals surface area contributed by atoms with E-state index in [1.54, 1.807) is 6.92 Å². The second kappa shape index (κ2) is 8.06. The second-order valence-electron chi connectivity index (χ2n) is 6.29. The third-order valence-corrected chi connectivity index (χ3v) is 4.26. The number of hydrogen-bond donors (Lipinski definition) is 1. The summed E-state index contributed by atoms with van der Waals surface area (Å²) in [6.07, 6.45) is 5.19. The van der Waals surface area contributed by atoms with Crippen molar-refractivity contribution in [1.82, 2.24) is 20.4 Å². The molecule has 1 aromatic heterocycles. The third-order valence-electron chi connectivity index (χ3n) is 4.26. The van der Waals surface area contributed by atoms with Crippen molar-refractivity contribution in [1.29, 1.82) is 0 Å². The molecule has 1 fully saturated rings. The number of nitrogens with one attached hydrogen (secondary N) is 1. The van der Waals surface area contributed by atoms with E-state index in [2.05, 4.69) is 26.5 Å². The molecule has 1 amide bonds. The lowest BCUT2D eigenvalue weighted by Gasteiger charge is -2.20. The van der Waals surface area contributed by atoms with Gasteiger partial charge < -0.3 is 9.73 Å². The van der Waals surface area contributed by atoms with Gasteiger partial charge in [0.05, 0.1) is 6.54 Å². The number of aryl methyl sites for hydroxylation is 1. The fraction of sp³-hybridized carbons (Fsp3) is 0.500. The number of benzene rings is 1. The summed E-state index contributed by atoms with van der Waals surface area (Å²) < 4.78 is 5.26. The van der Waals surface area contributed by atoms with Crippen LogP contribution in [0, 0.1) is 6.92 Å². The van der Waals surface area contributed by atoms with Crippen LogP contribution in [0.5, 0.6) is 0 Å². The molecular formula is C18H24N4O2. The summed E-state index contributed by atoms with van der Waals surface area (Å²) >= 11 is 0. The summed E-state index contributed by atoms with van der Waals surface area (Å²) in [5.41, 5.74) is 1.84. The Labute approximate surface area is 142 Å². The van der Waals surface area contributed by atoms with Gasteiger partial charge in [-0.15, -0.1) is 10.2 Å². The molecule has 0 atom stereocenters. The van der Waals surface area contributed by atoms with Gasteiger partial charge in [-0.25, -0.2) is 0 Å². The van der Waals surface area contributed by atoms with Crippen LogP contribution in [0.2, 0.25) is 0 Å². The summed E-state index contributed by atoms with van der Waals surface area (Å²) in [7, 11) is 0. The van der Waals surface area contributed by atoms with Gasteiger partial charge in [-0.05, 0) is 43.6 Å². The second-order valence-corrected chi connectivity index (χ2v) is 6.29. The number of hydrogen-bond acceptors (Lipinski definition) is 5. The average Bonchev–Trinajstić information content (AvgIpc) is 2.84. The quantitative estimate of drug-likeness (QED) is 0.914. The van der Waals surface area contributed by atoms with Crippen molar-refractivity contribution >= 4 is 5.91 Å². The molecule has 2 heterocycles. The fourth-order valence-electron chi connectivity index (χ4n) is 3.03. The zero-order valence-electron chi connectivity index (χ0n) is 14.1. The summed E-state index contributed by atoms with van der Waals surface area (Å²) in [4.78, 5) is 14.8. The van der Waals surface area contributed by atoms with Gasteiger partial charge in [0, 0.05) is 19.0 Å². The Morgan fingerprint density at radius 1 is 1.21 bits per heavy atom. The van der Waals surface area contributed by atoms with Crippen molar-refractivity contribution in [3.8, 4) is 0 Å². The van der Waals surface area contributed by atoms with Gasteiger partial charge in [0.15, 0.2) is 0 Å². The molecule has 0 saturated carbocycles. The van der Waals surface area contributed by atoms with E-state index in [-0.39, 0.29) is 12.5 Å². The molecule has 1 N–H and O–H groups in total. The number of likely N-dealkylation sites (tertiary alicyclic amines) is 1. The topological polar surface area (TPSA) is 71.3 Å². The van der Waals surface area contributed by atoms with Crippen LogP contribution >= 0.6 is 0 Å². The normalized spacial score (nSPS) is 15.9. The first-order valence-electron chi connectivity index (χ1n) is 8.59. The standard InChI is InChI=1S/C18H24N4O2/c1-14-20-21-17(24-14)12-19-18(23)16-8-6-7-15(11-16)13-22-9-4-2-3-5-10-22/h6-8,11H,2-5,9-10,12-13H2,1H3,(H,19,23). The van der Waals surface area contributed by atoms with Crippen LogP contribution in [0.15, 0.2) is 28.7 Å². The predicted molar refractivity (Wildman–Crippen MR) is 90.4 cm³/mol. The van der Waals surface area contributed by atoms with Gasteiger partial charge >= 0.3 is 0 Å². The van der Waals surface area contributed by atoms with Crippen molar-refractivity contribution in [2.75, 3.05) is 13.1 Å². The van der Waals surface area contributed by atoms with Crippen LogP contribution in [0.25, 0.3) is 0 Å². The molecule has 0 spiro atoms. The molecule has 1 aromatic carbocycles. The summed E-state index contributed by atoms with van der Waals surface area (Å²) in [6.45, 7) is 5.17. The number of nitrogens with zero attached hydrogens (tertiary/aromatic N) is 3. The maximum atomic E-state index is 12.3. The van der Waals surface area contributed by atoms with E-state index >= 15 is 0 Å². The molecule has 24 heavy (non-hydrogen) atoms. The minimum Gasteiger partial charge on any atom is -0.424 e. The molecule has 1 saturated heterocycles. The van der Waals surface area contributed by atoms with Crippen LogP contribution in [-0.2, 0) is 13.1 Å². The summed E-state index contributed by atoms with van der Waals surface area (Å²) in [5, 5.41) is 10.4. The maximum absolute atomic E-state index is 12.3. The van der Waals surface area contributed by atoms with E-state index in [9.17, 15) is 4.79 Å². The summed E-state index contributed by atoms with van der Waals surface area (Å²) in [5.74, 6) is 0.795. The number of carbonyl (C=O) groups is 1. The molecule has 3 rings (SSSR count). The highest BCUT2D eigenvalue weighted by atomic mass is 16.4. The van der Waals surface area contributed by atoms with Gasteiger partial charge in [0.1, 0.15) is 0 Å². The lowest BCUT2D eigenvalue weighted by Crippen LogP contribution is -2.25. The van der Waals surface area contributed by atoms with Crippen molar-refractivity contribution in [2.45, 2.75) is 45.7 Å². The van der Waals surface area contributed by atoms with Gasteiger partial charge in [-0.1, -0.05) is 25.0 Å². The largest absolute Gasteiger partial charge is 0.424 e. The Morgan fingerprint density at radius 2 is 2.00 bits per heavy atom. The van der Waals surface area contributed by atoms with Gasteiger partial charge in [-0.3, -0.25) is 9.69 Å². The number of aromatic nitrogens is 2. The number of carbonyl (C=O) groups excluding carboxylic acids is 1.